The maximum absolute atomic E-state index is 12.3. The molecule has 0 fully saturated rings. The molecule has 2 N–H and O–H groups in total. The van der Waals surface area contributed by atoms with Crippen LogP contribution in [0.1, 0.15) is 25.5 Å². The summed E-state index contributed by atoms with van der Waals surface area (Å²) in [5.74, 6) is -0.208. The second-order valence-electron chi connectivity index (χ2n) is 4.83. The first-order valence-electron chi connectivity index (χ1n) is 6.68. The smallest absolute Gasteiger partial charge is 0.241 e. The highest BCUT2D eigenvalue weighted by atomic mass is 32.2. The lowest BCUT2D eigenvalue weighted by atomic mass is 10.1. The van der Waals surface area contributed by atoms with Crippen LogP contribution in [0.3, 0.4) is 0 Å². The first-order chi connectivity index (χ1) is 10.4. The van der Waals surface area contributed by atoms with Gasteiger partial charge in [0.15, 0.2) is 0 Å². The van der Waals surface area contributed by atoms with E-state index in [2.05, 4.69) is 15.0 Å². The summed E-state index contributed by atoms with van der Waals surface area (Å²) in [6, 6.07) is 9.14. The third kappa shape index (κ3) is 4.12. The van der Waals surface area contributed by atoms with Gasteiger partial charge in [0.05, 0.1) is 4.90 Å². The molecule has 1 heterocycles. The van der Waals surface area contributed by atoms with Crippen LogP contribution >= 0.6 is 0 Å². The second-order valence-corrected chi connectivity index (χ2v) is 6.54. The number of rotatable bonds is 5. The van der Waals surface area contributed by atoms with Gasteiger partial charge in [-0.1, -0.05) is 0 Å². The zero-order valence-electron chi connectivity index (χ0n) is 12.3. The van der Waals surface area contributed by atoms with Crippen LogP contribution < -0.4 is 10.0 Å². The van der Waals surface area contributed by atoms with Gasteiger partial charge in [0, 0.05) is 31.0 Å². The Balaban J connectivity index is 2.15. The fourth-order valence-corrected chi connectivity index (χ4v) is 3.17. The minimum absolute atomic E-state index is 0.141. The van der Waals surface area contributed by atoms with Crippen LogP contribution in [0.15, 0.2) is 53.7 Å². The van der Waals surface area contributed by atoms with Crippen molar-refractivity contribution in [1.29, 1.82) is 0 Å². The predicted molar refractivity (Wildman–Crippen MR) is 83.7 cm³/mol. The summed E-state index contributed by atoms with van der Waals surface area (Å²) in [5.41, 5.74) is 1.38. The van der Waals surface area contributed by atoms with E-state index in [0.29, 0.717) is 5.69 Å². The average Bonchev–Trinajstić information content (AvgIpc) is 2.47. The molecule has 22 heavy (non-hydrogen) atoms. The van der Waals surface area contributed by atoms with Crippen molar-refractivity contribution in [3.63, 3.8) is 0 Å². The predicted octanol–water partition coefficient (Wildman–Crippen LogP) is 2.08. The average molecular weight is 319 g/mol. The minimum Gasteiger partial charge on any atom is -0.326 e. The van der Waals surface area contributed by atoms with E-state index >= 15 is 0 Å². The summed E-state index contributed by atoms with van der Waals surface area (Å²) in [4.78, 5) is 15.0. The van der Waals surface area contributed by atoms with Crippen molar-refractivity contribution in [2.75, 3.05) is 5.32 Å². The Hall–Kier alpha value is -2.25. The highest BCUT2D eigenvalue weighted by molar-refractivity contribution is 7.89. The van der Waals surface area contributed by atoms with Gasteiger partial charge in [0.1, 0.15) is 0 Å². The van der Waals surface area contributed by atoms with Gasteiger partial charge < -0.3 is 5.32 Å². The molecule has 0 saturated carbocycles. The molecule has 0 spiro atoms. The highest BCUT2D eigenvalue weighted by Crippen LogP contribution is 2.18. The van der Waals surface area contributed by atoms with E-state index < -0.39 is 10.0 Å². The number of aromatic nitrogens is 1. The Morgan fingerprint density at radius 3 is 2.23 bits per heavy atom. The number of hydrogen-bond donors (Lipinski definition) is 2. The Bertz CT molecular complexity index is 743. The second kappa shape index (κ2) is 6.67. The van der Waals surface area contributed by atoms with E-state index in [-0.39, 0.29) is 16.8 Å². The van der Waals surface area contributed by atoms with Crippen molar-refractivity contribution in [2.24, 2.45) is 0 Å². The molecule has 2 rings (SSSR count). The molecule has 1 atom stereocenters. The third-order valence-corrected chi connectivity index (χ3v) is 4.58. The number of carbonyl (C=O) groups excluding carboxylic acids is 1. The molecule has 1 amide bonds. The minimum atomic E-state index is -3.64. The normalized spacial score (nSPS) is 12.6. The molecule has 0 saturated heterocycles. The Kier molecular flexibility index (Phi) is 4.89. The van der Waals surface area contributed by atoms with Gasteiger partial charge in [0.2, 0.25) is 15.9 Å². The summed E-state index contributed by atoms with van der Waals surface area (Å²) < 4.78 is 27.3. The Morgan fingerprint density at radius 2 is 1.68 bits per heavy atom. The topological polar surface area (TPSA) is 88.2 Å². The van der Waals surface area contributed by atoms with Crippen molar-refractivity contribution in [2.45, 2.75) is 24.8 Å². The number of amides is 1. The molecular formula is C15H17N3O3S. The summed E-state index contributed by atoms with van der Waals surface area (Å²) in [6.45, 7) is 3.15. The number of sulfonamides is 1. The van der Waals surface area contributed by atoms with Gasteiger partial charge in [-0.3, -0.25) is 9.78 Å². The van der Waals surface area contributed by atoms with E-state index in [1.807, 2.05) is 0 Å². The fraction of sp³-hybridized carbons (Fsp3) is 0.200. The van der Waals surface area contributed by atoms with Gasteiger partial charge in [-0.2, -0.15) is 0 Å². The summed E-state index contributed by atoms with van der Waals surface area (Å²) in [7, 11) is -3.64. The zero-order valence-corrected chi connectivity index (χ0v) is 13.1. The van der Waals surface area contributed by atoms with Gasteiger partial charge in [-0.25, -0.2) is 13.1 Å². The van der Waals surface area contributed by atoms with Crippen LogP contribution in [0, 0.1) is 0 Å². The molecule has 116 valence electrons. The van der Waals surface area contributed by atoms with Gasteiger partial charge in [-0.05, 0) is 48.9 Å². The molecule has 0 unspecified atom stereocenters. The van der Waals surface area contributed by atoms with Crippen molar-refractivity contribution < 1.29 is 13.2 Å². The van der Waals surface area contributed by atoms with Crippen LogP contribution in [0.25, 0.3) is 0 Å². The molecule has 0 bridgehead atoms. The van der Waals surface area contributed by atoms with Crippen molar-refractivity contribution in [3.05, 3.63) is 54.4 Å². The van der Waals surface area contributed by atoms with Crippen LogP contribution in [0.2, 0.25) is 0 Å². The van der Waals surface area contributed by atoms with E-state index in [9.17, 15) is 13.2 Å². The molecule has 7 heteroatoms. The molecule has 0 aliphatic heterocycles. The van der Waals surface area contributed by atoms with E-state index in [4.69, 9.17) is 0 Å². The zero-order chi connectivity index (χ0) is 16.2. The number of anilines is 1. The lowest BCUT2D eigenvalue weighted by Crippen LogP contribution is -2.26. The molecular weight excluding hydrogens is 302 g/mol. The molecule has 1 aromatic heterocycles. The lowest BCUT2D eigenvalue weighted by Gasteiger charge is -2.14. The molecule has 6 nitrogen and oxygen atoms in total. The van der Waals surface area contributed by atoms with Crippen LogP contribution in [-0.2, 0) is 14.8 Å². The Labute approximate surface area is 129 Å². The number of nitrogens with one attached hydrogen (secondary N) is 2. The molecule has 0 aliphatic rings. The first kappa shape index (κ1) is 16.1. The first-order valence-corrected chi connectivity index (χ1v) is 8.17. The SMILES string of the molecule is CC(=O)Nc1ccc(S(=O)(=O)N[C@@H](C)c2ccncc2)cc1. The van der Waals surface area contributed by atoms with E-state index in [0.717, 1.165) is 5.56 Å². The van der Waals surface area contributed by atoms with E-state index in [1.54, 1.807) is 43.6 Å². The van der Waals surface area contributed by atoms with E-state index in [1.165, 1.54) is 19.1 Å². The van der Waals surface area contributed by atoms with Gasteiger partial charge >= 0.3 is 0 Å². The highest BCUT2D eigenvalue weighted by Gasteiger charge is 2.18. The molecule has 0 radical (unpaired) electrons. The standard InChI is InChI=1S/C15H17N3O3S/c1-11(13-7-9-16-10-8-13)18-22(20,21)15-5-3-14(4-6-15)17-12(2)19/h3-11,18H,1-2H3,(H,17,19)/t11-/m0/s1. The molecule has 0 aliphatic carbocycles. The quantitative estimate of drug-likeness (QED) is 0.883. The monoisotopic (exact) mass is 319 g/mol. The molecule has 1 aromatic carbocycles. The van der Waals surface area contributed by atoms with Crippen LogP contribution in [0.4, 0.5) is 5.69 Å². The maximum atomic E-state index is 12.3. The number of nitrogens with zero attached hydrogens (tertiary/aromatic N) is 1. The number of hydrogen-bond acceptors (Lipinski definition) is 4. The van der Waals surface area contributed by atoms with Gasteiger partial charge in [0.25, 0.3) is 0 Å². The van der Waals surface area contributed by atoms with Crippen LogP contribution in [0.5, 0.6) is 0 Å². The van der Waals surface area contributed by atoms with Crippen molar-refractivity contribution in [1.82, 2.24) is 9.71 Å². The number of pyridine rings is 1. The van der Waals surface area contributed by atoms with Crippen molar-refractivity contribution in [3.8, 4) is 0 Å². The number of carbonyl (C=O) groups is 1. The largest absolute Gasteiger partial charge is 0.326 e. The lowest BCUT2D eigenvalue weighted by molar-refractivity contribution is -0.114. The summed E-state index contributed by atoms with van der Waals surface area (Å²) >= 11 is 0. The number of benzene rings is 1. The Morgan fingerprint density at radius 1 is 1.09 bits per heavy atom. The summed E-state index contributed by atoms with van der Waals surface area (Å²) in [5, 5.41) is 2.59. The third-order valence-electron chi connectivity index (χ3n) is 3.02. The molecule has 2 aromatic rings. The fourth-order valence-electron chi connectivity index (χ4n) is 1.94. The summed E-state index contributed by atoms with van der Waals surface area (Å²) in [6.07, 6.45) is 3.23. The van der Waals surface area contributed by atoms with Crippen molar-refractivity contribution >= 4 is 21.6 Å². The van der Waals surface area contributed by atoms with Crippen LogP contribution in [-0.4, -0.2) is 19.3 Å². The van der Waals surface area contributed by atoms with Gasteiger partial charge in [-0.15, -0.1) is 0 Å². The maximum Gasteiger partial charge on any atom is 0.241 e.